The Morgan fingerprint density at radius 1 is 1.50 bits per heavy atom. The third-order valence-corrected chi connectivity index (χ3v) is 4.62. The molecule has 124 valence electrons. The van der Waals surface area contributed by atoms with Gasteiger partial charge in [0.25, 0.3) is 5.91 Å². The van der Waals surface area contributed by atoms with E-state index in [4.69, 9.17) is 9.90 Å². The van der Waals surface area contributed by atoms with Crippen LogP contribution in [0.15, 0.2) is 15.9 Å². The summed E-state index contributed by atoms with van der Waals surface area (Å²) < 4.78 is 32.6. The van der Waals surface area contributed by atoms with Crippen molar-refractivity contribution >= 4 is 39.1 Å². The van der Waals surface area contributed by atoms with Crippen LogP contribution < -0.4 is 10.6 Å². The molecule has 1 atom stereocenters. The Morgan fingerprint density at radius 2 is 2.14 bits per heavy atom. The maximum Gasteiger partial charge on any atom is 0.490 e. The highest BCUT2D eigenvalue weighted by Gasteiger charge is 2.38. The maximum atomic E-state index is 11.7. The molecule has 5 nitrogen and oxygen atoms in total. The van der Waals surface area contributed by atoms with Crippen LogP contribution in [0, 0.1) is 5.92 Å². The zero-order valence-corrected chi connectivity index (χ0v) is 13.6. The van der Waals surface area contributed by atoms with Gasteiger partial charge in [0.1, 0.15) is 4.88 Å². The molecule has 1 fully saturated rings. The SMILES string of the molecule is O=C(NC[C@H]1CCNC1)c1sccc1Br.O=C(O)C(F)(F)F. The minimum absolute atomic E-state index is 0.0313. The first-order chi connectivity index (χ1) is 10.2. The Morgan fingerprint density at radius 3 is 2.55 bits per heavy atom. The lowest BCUT2D eigenvalue weighted by molar-refractivity contribution is -0.192. The molecule has 1 saturated heterocycles. The summed E-state index contributed by atoms with van der Waals surface area (Å²) in [5.74, 6) is -2.14. The van der Waals surface area contributed by atoms with Crippen LogP contribution in [0.4, 0.5) is 13.2 Å². The molecule has 2 rings (SSSR count). The predicted molar refractivity (Wildman–Crippen MR) is 79.0 cm³/mol. The van der Waals surface area contributed by atoms with Crippen molar-refractivity contribution in [2.45, 2.75) is 12.6 Å². The molecule has 10 heteroatoms. The van der Waals surface area contributed by atoms with Crippen molar-refractivity contribution in [3.05, 3.63) is 20.8 Å². The smallest absolute Gasteiger partial charge is 0.475 e. The van der Waals surface area contributed by atoms with Crippen LogP contribution in [0.5, 0.6) is 0 Å². The number of nitrogens with one attached hydrogen (secondary N) is 2. The van der Waals surface area contributed by atoms with E-state index in [9.17, 15) is 18.0 Å². The van der Waals surface area contributed by atoms with Crippen LogP contribution in [0.1, 0.15) is 16.1 Å². The van der Waals surface area contributed by atoms with E-state index in [0.717, 1.165) is 35.4 Å². The molecule has 0 radical (unpaired) electrons. The second-order valence-corrected chi connectivity index (χ2v) is 6.24. The summed E-state index contributed by atoms with van der Waals surface area (Å²) in [6, 6.07) is 1.90. The lowest BCUT2D eigenvalue weighted by Gasteiger charge is -2.09. The van der Waals surface area contributed by atoms with Crippen LogP contribution >= 0.6 is 27.3 Å². The molecule has 1 aliphatic rings. The molecule has 0 saturated carbocycles. The van der Waals surface area contributed by atoms with Crippen LogP contribution in [-0.2, 0) is 4.79 Å². The highest BCUT2D eigenvalue weighted by molar-refractivity contribution is 9.10. The van der Waals surface area contributed by atoms with Gasteiger partial charge in [0, 0.05) is 11.0 Å². The number of hydrogen-bond donors (Lipinski definition) is 3. The van der Waals surface area contributed by atoms with Crippen molar-refractivity contribution in [2.24, 2.45) is 5.92 Å². The van der Waals surface area contributed by atoms with Crippen molar-refractivity contribution in [1.29, 1.82) is 0 Å². The molecular formula is C12H14BrF3N2O3S. The number of halogens is 4. The number of hydrogen-bond acceptors (Lipinski definition) is 4. The van der Waals surface area contributed by atoms with E-state index < -0.39 is 12.1 Å². The minimum atomic E-state index is -5.08. The number of carbonyl (C=O) groups is 2. The Balaban J connectivity index is 0.000000295. The van der Waals surface area contributed by atoms with Crippen molar-refractivity contribution in [3.8, 4) is 0 Å². The van der Waals surface area contributed by atoms with Crippen molar-refractivity contribution in [2.75, 3.05) is 19.6 Å². The third kappa shape index (κ3) is 6.32. The first kappa shape index (κ1) is 18.9. The average molecular weight is 403 g/mol. The summed E-state index contributed by atoms with van der Waals surface area (Å²) in [7, 11) is 0. The number of carboxylic acids is 1. The van der Waals surface area contributed by atoms with Gasteiger partial charge in [0.15, 0.2) is 0 Å². The van der Waals surface area contributed by atoms with Crippen molar-refractivity contribution < 1.29 is 27.9 Å². The van der Waals surface area contributed by atoms with Gasteiger partial charge in [-0.05, 0) is 52.8 Å². The summed E-state index contributed by atoms with van der Waals surface area (Å²) >= 11 is 4.82. The van der Waals surface area contributed by atoms with E-state index in [1.165, 1.54) is 11.3 Å². The van der Waals surface area contributed by atoms with E-state index in [2.05, 4.69) is 26.6 Å². The molecule has 3 N–H and O–H groups in total. The molecule has 2 heterocycles. The predicted octanol–water partition coefficient (Wildman–Crippen LogP) is 2.48. The standard InChI is InChI=1S/C10H13BrN2OS.C2HF3O2/c11-8-2-4-15-9(8)10(14)13-6-7-1-3-12-5-7;3-2(4,5)1(6)7/h2,4,7,12H,1,3,5-6H2,(H,13,14);(H,6,7)/t7-;/m0./s1. The second kappa shape index (κ2) is 8.49. The van der Waals surface area contributed by atoms with E-state index in [1.54, 1.807) is 0 Å². The number of thiophene rings is 1. The minimum Gasteiger partial charge on any atom is -0.475 e. The fourth-order valence-corrected chi connectivity index (χ4v) is 3.13. The van der Waals surface area contributed by atoms with Gasteiger partial charge >= 0.3 is 12.1 Å². The summed E-state index contributed by atoms with van der Waals surface area (Å²) in [4.78, 5) is 21.4. The van der Waals surface area contributed by atoms with E-state index in [0.29, 0.717) is 5.92 Å². The molecule has 0 unspecified atom stereocenters. The zero-order chi connectivity index (χ0) is 16.8. The van der Waals surface area contributed by atoms with Gasteiger partial charge < -0.3 is 15.7 Å². The van der Waals surface area contributed by atoms with Gasteiger partial charge in [-0.25, -0.2) is 4.79 Å². The summed E-state index contributed by atoms with van der Waals surface area (Å²) in [5.41, 5.74) is 0. The molecule has 1 aromatic rings. The summed E-state index contributed by atoms with van der Waals surface area (Å²) in [6.45, 7) is 2.87. The highest BCUT2D eigenvalue weighted by Crippen LogP contribution is 2.22. The van der Waals surface area contributed by atoms with Gasteiger partial charge in [-0.3, -0.25) is 4.79 Å². The molecule has 0 bridgehead atoms. The molecule has 1 amide bonds. The molecule has 22 heavy (non-hydrogen) atoms. The van der Waals surface area contributed by atoms with Crippen molar-refractivity contribution in [1.82, 2.24) is 10.6 Å². The third-order valence-electron chi connectivity index (χ3n) is 2.78. The topological polar surface area (TPSA) is 78.4 Å². The largest absolute Gasteiger partial charge is 0.490 e. The molecule has 1 aliphatic heterocycles. The Hall–Kier alpha value is -1.13. The lowest BCUT2D eigenvalue weighted by atomic mass is 10.1. The highest BCUT2D eigenvalue weighted by atomic mass is 79.9. The van der Waals surface area contributed by atoms with Crippen LogP contribution in [-0.4, -0.2) is 42.8 Å². The quantitative estimate of drug-likeness (QED) is 0.725. The molecule has 0 spiro atoms. The Kier molecular flexibility index (Phi) is 7.30. The monoisotopic (exact) mass is 402 g/mol. The van der Waals surface area contributed by atoms with Crippen LogP contribution in [0.25, 0.3) is 0 Å². The van der Waals surface area contributed by atoms with E-state index in [-0.39, 0.29) is 5.91 Å². The molecular weight excluding hydrogens is 389 g/mol. The zero-order valence-electron chi connectivity index (χ0n) is 11.2. The van der Waals surface area contributed by atoms with Gasteiger partial charge in [0.2, 0.25) is 0 Å². The van der Waals surface area contributed by atoms with Gasteiger partial charge in [-0.15, -0.1) is 11.3 Å². The van der Waals surface area contributed by atoms with Gasteiger partial charge in [0.05, 0.1) is 0 Å². The fourth-order valence-electron chi connectivity index (χ4n) is 1.66. The van der Waals surface area contributed by atoms with Gasteiger partial charge in [-0.2, -0.15) is 13.2 Å². The first-order valence-corrected chi connectivity index (χ1v) is 7.91. The molecule has 0 aliphatic carbocycles. The molecule has 0 aromatic carbocycles. The summed E-state index contributed by atoms with van der Waals surface area (Å²) in [6.07, 6.45) is -3.92. The summed E-state index contributed by atoms with van der Waals surface area (Å²) in [5, 5.41) is 15.3. The average Bonchev–Trinajstić information content (AvgIpc) is 3.06. The number of carboxylic acid groups (broad SMARTS) is 1. The van der Waals surface area contributed by atoms with E-state index in [1.807, 2.05) is 11.4 Å². The maximum absolute atomic E-state index is 11.7. The number of alkyl halides is 3. The first-order valence-electron chi connectivity index (χ1n) is 6.24. The second-order valence-electron chi connectivity index (χ2n) is 4.47. The number of amides is 1. The van der Waals surface area contributed by atoms with Crippen molar-refractivity contribution in [3.63, 3.8) is 0 Å². The lowest BCUT2D eigenvalue weighted by Crippen LogP contribution is -2.29. The Bertz CT molecular complexity index is 516. The van der Waals surface area contributed by atoms with Crippen LogP contribution in [0.2, 0.25) is 0 Å². The number of carbonyl (C=O) groups excluding carboxylic acids is 1. The van der Waals surface area contributed by atoms with E-state index >= 15 is 0 Å². The normalized spacial score (nSPS) is 17.5. The number of rotatable bonds is 3. The molecule has 1 aromatic heterocycles. The Labute approximate surface area is 137 Å². The fraction of sp³-hybridized carbons (Fsp3) is 0.500. The van der Waals surface area contributed by atoms with Gasteiger partial charge in [-0.1, -0.05) is 0 Å². The van der Waals surface area contributed by atoms with Crippen LogP contribution in [0.3, 0.4) is 0 Å². The number of aliphatic carboxylic acids is 1.